The molecule has 1 fully saturated rings. The highest BCUT2D eigenvalue weighted by Gasteiger charge is 2.39. The second kappa shape index (κ2) is 7.06. The summed E-state index contributed by atoms with van der Waals surface area (Å²) in [6.07, 6.45) is 8.02. The first-order chi connectivity index (χ1) is 11.1. The molecule has 3 atom stereocenters. The average molecular weight is 334 g/mol. The zero-order valence-electron chi connectivity index (χ0n) is 14.0. The van der Waals surface area contributed by atoms with E-state index in [2.05, 4.69) is 20.0 Å². The molecule has 1 aromatic carbocycles. The summed E-state index contributed by atoms with van der Waals surface area (Å²) >= 11 is 5.95. The lowest BCUT2D eigenvalue weighted by Gasteiger charge is -2.33. The van der Waals surface area contributed by atoms with Crippen LogP contribution in [-0.4, -0.2) is 36.5 Å². The molecule has 1 saturated heterocycles. The fourth-order valence-corrected chi connectivity index (χ4v) is 3.94. The fraction of sp³-hybridized carbons (Fsp3) is 0.526. The Morgan fingerprint density at radius 3 is 2.70 bits per heavy atom. The van der Waals surface area contributed by atoms with Crippen LogP contribution >= 0.6 is 11.6 Å². The van der Waals surface area contributed by atoms with E-state index in [1.165, 1.54) is 18.5 Å². The molecule has 4 heteroatoms. The number of amides is 1. The number of hydrogen-bond acceptors (Lipinski definition) is 1. The van der Waals surface area contributed by atoms with Crippen LogP contribution in [0.4, 0.5) is 0 Å². The van der Waals surface area contributed by atoms with Crippen molar-refractivity contribution in [3.8, 4) is 0 Å². The third-order valence-corrected chi connectivity index (χ3v) is 5.57. The number of nitrogens with one attached hydrogen (secondary N) is 1. The van der Waals surface area contributed by atoms with E-state index in [0.29, 0.717) is 17.1 Å². The van der Waals surface area contributed by atoms with Gasteiger partial charge in [-0.15, -0.1) is 0 Å². The Labute approximate surface area is 143 Å². The van der Waals surface area contributed by atoms with E-state index in [1.807, 2.05) is 17.0 Å². The molecule has 0 aliphatic carbocycles. The van der Waals surface area contributed by atoms with Crippen LogP contribution in [0.15, 0.2) is 36.0 Å². The minimum Gasteiger partial charge on any atom is -0.329 e. The van der Waals surface area contributed by atoms with Gasteiger partial charge in [0.15, 0.2) is 0 Å². The number of quaternary nitrogens is 1. The summed E-state index contributed by atoms with van der Waals surface area (Å²) in [6, 6.07) is 8.50. The standard InChI is InChI=1S/C19H25ClN2O/c1-3-4-11-22(19(23)14-5-7-15(20)8-6-14)18-12-16-9-10-17(13-18)21(16)2/h5-8,12,16-17H,3-4,9-11,13H2,1-2H3/p+1/t16-,17+/m0/s1. The largest absolute Gasteiger partial charge is 0.329 e. The van der Waals surface area contributed by atoms with Gasteiger partial charge in [-0.05, 0) is 36.8 Å². The molecule has 3 nitrogen and oxygen atoms in total. The molecule has 124 valence electrons. The highest BCUT2D eigenvalue weighted by atomic mass is 35.5. The first kappa shape index (κ1) is 16.5. The average Bonchev–Trinajstić information content (AvgIpc) is 2.76. The molecule has 2 bridgehead atoms. The Morgan fingerprint density at radius 1 is 1.30 bits per heavy atom. The number of nitrogens with zero attached hydrogens (tertiary/aromatic N) is 1. The Balaban J connectivity index is 1.84. The maximum absolute atomic E-state index is 13.0. The molecule has 0 aromatic heterocycles. The Kier molecular flexibility index (Phi) is 5.08. The van der Waals surface area contributed by atoms with Crippen LogP contribution in [0.3, 0.4) is 0 Å². The molecule has 2 aliphatic rings. The summed E-state index contributed by atoms with van der Waals surface area (Å²) in [5.74, 6) is 0.111. The normalized spacial score (nSPS) is 26.0. The molecular formula is C19H26ClN2O+. The summed E-state index contributed by atoms with van der Waals surface area (Å²) in [7, 11) is 2.28. The van der Waals surface area contributed by atoms with E-state index in [0.717, 1.165) is 31.4 Å². The predicted molar refractivity (Wildman–Crippen MR) is 93.8 cm³/mol. The number of likely N-dealkylation sites (N-methyl/N-ethyl adjacent to an activating group) is 1. The van der Waals surface area contributed by atoms with Gasteiger partial charge in [-0.1, -0.05) is 24.9 Å². The summed E-state index contributed by atoms with van der Waals surface area (Å²) in [4.78, 5) is 16.6. The maximum atomic E-state index is 13.0. The molecule has 2 aliphatic heterocycles. The molecule has 1 aromatic rings. The van der Waals surface area contributed by atoms with Gasteiger partial charge in [0.2, 0.25) is 0 Å². The summed E-state index contributed by atoms with van der Waals surface area (Å²) in [5, 5.41) is 0.668. The first-order valence-corrected chi connectivity index (χ1v) is 9.09. The number of hydrogen-bond donors (Lipinski definition) is 1. The second-order valence-corrected chi connectivity index (χ2v) is 7.24. The van der Waals surface area contributed by atoms with Crippen LogP contribution in [-0.2, 0) is 0 Å². The van der Waals surface area contributed by atoms with Crippen LogP contribution in [0.2, 0.25) is 5.02 Å². The van der Waals surface area contributed by atoms with Crippen molar-refractivity contribution < 1.29 is 9.69 Å². The van der Waals surface area contributed by atoms with Crippen LogP contribution in [0.25, 0.3) is 0 Å². The fourth-order valence-electron chi connectivity index (χ4n) is 3.81. The van der Waals surface area contributed by atoms with Crippen LogP contribution in [0.1, 0.15) is 49.4 Å². The quantitative estimate of drug-likeness (QED) is 0.880. The molecule has 1 amide bonds. The lowest BCUT2D eigenvalue weighted by molar-refractivity contribution is -0.912. The van der Waals surface area contributed by atoms with Crippen molar-refractivity contribution in [2.24, 2.45) is 0 Å². The molecule has 0 saturated carbocycles. The van der Waals surface area contributed by atoms with Crippen LogP contribution < -0.4 is 4.90 Å². The van der Waals surface area contributed by atoms with Crippen molar-refractivity contribution in [1.29, 1.82) is 0 Å². The summed E-state index contributed by atoms with van der Waals surface area (Å²) in [6.45, 7) is 2.98. The predicted octanol–water partition coefficient (Wildman–Crippen LogP) is 2.92. The monoisotopic (exact) mass is 333 g/mol. The van der Waals surface area contributed by atoms with Crippen LogP contribution in [0, 0.1) is 0 Å². The zero-order chi connectivity index (χ0) is 16.4. The van der Waals surface area contributed by atoms with E-state index in [9.17, 15) is 4.79 Å². The SMILES string of the molecule is CCCCN(C(=O)c1ccc(Cl)cc1)C1=C[C@@H]2CC[C@H](C1)[NH+]2C. The van der Waals surface area contributed by atoms with Crippen molar-refractivity contribution in [3.63, 3.8) is 0 Å². The van der Waals surface area contributed by atoms with E-state index in [1.54, 1.807) is 17.0 Å². The van der Waals surface area contributed by atoms with Crippen molar-refractivity contribution >= 4 is 17.5 Å². The lowest BCUT2D eigenvalue weighted by atomic mass is 10.0. The molecule has 0 spiro atoms. The first-order valence-electron chi connectivity index (χ1n) is 8.71. The molecular weight excluding hydrogens is 308 g/mol. The summed E-state index contributed by atoms with van der Waals surface area (Å²) < 4.78 is 0. The van der Waals surface area contributed by atoms with Crippen molar-refractivity contribution in [2.45, 2.75) is 51.1 Å². The molecule has 3 rings (SSSR count). The highest BCUT2D eigenvalue weighted by Crippen LogP contribution is 2.26. The minimum absolute atomic E-state index is 0.111. The number of halogens is 1. The maximum Gasteiger partial charge on any atom is 0.258 e. The van der Waals surface area contributed by atoms with Crippen molar-refractivity contribution in [2.75, 3.05) is 13.6 Å². The third-order valence-electron chi connectivity index (χ3n) is 5.32. The Bertz CT molecular complexity index is 596. The van der Waals surface area contributed by atoms with Gasteiger partial charge in [0.1, 0.15) is 6.04 Å². The number of fused-ring (bicyclic) bond motifs is 2. The van der Waals surface area contributed by atoms with Gasteiger partial charge in [-0.2, -0.15) is 0 Å². The second-order valence-electron chi connectivity index (χ2n) is 6.80. The number of unbranched alkanes of at least 4 members (excludes halogenated alkanes) is 1. The van der Waals surface area contributed by atoms with Gasteiger partial charge in [0, 0.05) is 42.1 Å². The van der Waals surface area contributed by atoms with Gasteiger partial charge >= 0.3 is 0 Å². The van der Waals surface area contributed by atoms with Gasteiger partial charge in [-0.25, -0.2) is 0 Å². The smallest absolute Gasteiger partial charge is 0.258 e. The van der Waals surface area contributed by atoms with Crippen LogP contribution in [0.5, 0.6) is 0 Å². The number of rotatable bonds is 5. The van der Waals surface area contributed by atoms with E-state index < -0.39 is 0 Å². The molecule has 0 radical (unpaired) electrons. The van der Waals surface area contributed by atoms with Gasteiger partial charge < -0.3 is 9.80 Å². The van der Waals surface area contributed by atoms with Crippen molar-refractivity contribution in [1.82, 2.24) is 4.90 Å². The molecule has 2 heterocycles. The summed E-state index contributed by atoms with van der Waals surface area (Å²) in [5.41, 5.74) is 1.96. The highest BCUT2D eigenvalue weighted by molar-refractivity contribution is 6.30. The molecule has 23 heavy (non-hydrogen) atoms. The Morgan fingerprint density at radius 2 is 2.04 bits per heavy atom. The topological polar surface area (TPSA) is 24.8 Å². The van der Waals surface area contributed by atoms with Gasteiger partial charge in [0.05, 0.1) is 13.1 Å². The van der Waals surface area contributed by atoms with E-state index in [4.69, 9.17) is 11.6 Å². The lowest BCUT2D eigenvalue weighted by Crippen LogP contribution is -3.14. The van der Waals surface area contributed by atoms with Crippen molar-refractivity contribution in [3.05, 3.63) is 46.6 Å². The zero-order valence-corrected chi connectivity index (χ0v) is 14.8. The van der Waals surface area contributed by atoms with E-state index in [-0.39, 0.29) is 5.91 Å². The minimum atomic E-state index is 0.111. The number of carbonyl (C=O) groups is 1. The third kappa shape index (κ3) is 3.46. The van der Waals surface area contributed by atoms with Gasteiger partial charge in [0.25, 0.3) is 5.91 Å². The van der Waals surface area contributed by atoms with E-state index >= 15 is 0 Å². The van der Waals surface area contributed by atoms with Gasteiger partial charge in [-0.3, -0.25) is 4.79 Å². The molecule has 1 unspecified atom stereocenters. The number of carbonyl (C=O) groups excluding carboxylic acids is 1. The number of benzene rings is 1. The Hall–Kier alpha value is -1.32. The molecule has 1 N–H and O–H groups in total.